The number of methoxy groups -OCH3 is 1. The Labute approximate surface area is 211 Å². The molecular formula is C24H36N8O2S. The number of thioether (sulfide) groups is 1. The van der Waals surface area contributed by atoms with Crippen LogP contribution in [0.1, 0.15) is 55.1 Å². The Morgan fingerprint density at radius 1 is 1.34 bits per heavy atom. The maximum atomic E-state index is 12.9. The lowest BCUT2D eigenvalue weighted by atomic mass is 10.0. The van der Waals surface area contributed by atoms with Crippen molar-refractivity contribution in [2.24, 2.45) is 5.92 Å². The van der Waals surface area contributed by atoms with E-state index in [0.717, 1.165) is 58.5 Å². The number of nitrogens with one attached hydrogen (secondary N) is 3. The number of aromatic nitrogens is 3. The number of pyridine rings is 1. The molecule has 10 nitrogen and oxygen atoms in total. The largest absolute Gasteiger partial charge is 0.496 e. The van der Waals surface area contributed by atoms with Crippen LogP contribution < -0.4 is 31.5 Å². The molecule has 190 valence electrons. The standard InChI is InChI=1S/C24H36N8O2S/c1-13(2)10-26-7-6-8-27-22(33)18-9-16-19-21(29-24(25)30-23(19)35-18)32(31-16)12-17-15(4)20(34-5)14(3)11-28-17/h11,13,16,18,26,31H,6-10,12H2,1-5H3,(H,27,33)(H2,25,29,30). The fraction of sp³-hybridized carbons (Fsp3) is 0.583. The van der Waals surface area contributed by atoms with Crippen LogP contribution in [0.25, 0.3) is 0 Å². The van der Waals surface area contributed by atoms with Crippen molar-refractivity contribution in [3.8, 4) is 5.75 Å². The van der Waals surface area contributed by atoms with Gasteiger partial charge < -0.3 is 21.1 Å². The minimum Gasteiger partial charge on any atom is -0.496 e. The number of rotatable bonds is 10. The number of hydrogen-bond acceptors (Lipinski definition) is 10. The molecule has 35 heavy (non-hydrogen) atoms. The van der Waals surface area contributed by atoms with Gasteiger partial charge in [0.2, 0.25) is 11.9 Å². The monoisotopic (exact) mass is 500 g/mol. The molecule has 2 atom stereocenters. The molecule has 0 radical (unpaired) electrons. The lowest BCUT2D eigenvalue weighted by molar-refractivity contribution is -0.120. The first kappa shape index (κ1) is 25.5. The second-order valence-corrected chi connectivity index (χ2v) is 10.7. The summed E-state index contributed by atoms with van der Waals surface area (Å²) in [6.07, 6.45) is 3.37. The third-order valence-electron chi connectivity index (χ3n) is 6.26. The van der Waals surface area contributed by atoms with E-state index in [-0.39, 0.29) is 23.1 Å². The second-order valence-electron chi connectivity index (χ2n) is 9.52. The van der Waals surface area contributed by atoms with Crippen LogP contribution in [0.5, 0.6) is 5.75 Å². The SMILES string of the molecule is COc1c(C)cnc(CN2NC3CC(C(=O)NCCCNCC(C)C)Sc4nc(N)nc2c43)c1C. The van der Waals surface area contributed by atoms with Crippen molar-refractivity contribution in [2.45, 2.75) is 63.4 Å². The Morgan fingerprint density at radius 3 is 2.89 bits per heavy atom. The van der Waals surface area contributed by atoms with Crippen molar-refractivity contribution in [2.75, 3.05) is 37.5 Å². The van der Waals surface area contributed by atoms with Crippen molar-refractivity contribution >= 4 is 29.4 Å². The fourth-order valence-electron chi connectivity index (χ4n) is 4.53. The summed E-state index contributed by atoms with van der Waals surface area (Å²) in [6, 6.07) is -0.0574. The van der Waals surface area contributed by atoms with Gasteiger partial charge in [0.15, 0.2) is 5.82 Å². The van der Waals surface area contributed by atoms with E-state index in [1.807, 2.05) is 25.1 Å². The lowest BCUT2D eigenvalue weighted by Crippen LogP contribution is -2.40. The second kappa shape index (κ2) is 11.0. The number of carbonyl (C=O) groups excluding carboxylic acids is 1. The van der Waals surface area contributed by atoms with Crippen LogP contribution in [0.3, 0.4) is 0 Å². The fourth-order valence-corrected chi connectivity index (χ4v) is 5.78. The van der Waals surface area contributed by atoms with Crippen LogP contribution in [0.4, 0.5) is 11.8 Å². The summed E-state index contributed by atoms with van der Waals surface area (Å²) in [6.45, 7) is 11.4. The molecule has 0 aromatic carbocycles. The number of amides is 1. The zero-order valence-corrected chi connectivity index (χ0v) is 22.0. The van der Waals surface area contributed by atoms with Crippen LogP contribution in [0.2, 0.25) is 0 Å². The van der Waals surface area contributed by atoms with Gasteiger partial charge in [0, 0.05) is 29.4 Å². The number of nitrogens with two attached hydrogens (primary N) is 1. The van der Waals surface area contributed by atoms with Crippen molar-refractivity contribution in [1.82, 2.24) is 31.0 Å². The van der Waals surface area contributed by atoms with Gasteiger partial charge >= 0.3 is 0 Å². The third kappa shape index (κ3) is 5.62. The van der Waals surface area contributed by atoms with Gasteiger partial charge in [0.1, 0.15) is 10.8 Å². The molecule has 2 aliphatic heterocycles. The summed E-state index contributed by atoms with van der Waals surface area (Å²) in [5.74, 6) is 2.44. The Bertz CT molecular complexity index is 1080. The van der Waals surface area contributed by atoms with E-state index in [1.54, 1.807) is 7.11 Å². The van der Waals surface area contributed by atoms with Crippen molar-refractivity contribution in [3.63, 3.8) is 0 Å². The van der Waals surface area contributed by atoms with E-state index in [4.69, 9.17) is 10.5 Å². The first-order chi connectivity index (χ1) is 16.8. The lowest BCUT2D eigenvalue weighted by Gasteiger charge is -2.26. The number of nitrogens with zero attached hydrogens (tertiary/aromatic N) is 4. The van der Waals surface area contributed by atoms with Crippen LogP contribution in [-0.4, -0.2) is 52.9 Å². The van der Waals surface area contributed by atoms with Gasteiger partial charge in [-0.1, -0.05) is 25.6 Å². The summed E-state index contributed by atoms with van der Waals surface area (Å²) < 4.78 is 5.57. The first-order valence-corrected chi connectivity index (χ1v) is 13.0. The highest BCUT2D eigenvalue weighted by Gasteiger charge is 2.41. The molecule has 0 spiro atoms. The van der Waals surface area contributed by atoms with Crippen LogP contribution in [0.15, 0.2) is 11.2 Å². The molecule has 4 heterocycles. The summed E-state index contributed by atoms with van der Waals surface area (Å²) in [5.41, 5.74) is 13.5. The van der Waals surface area contributed by atoms with Crippen molar-refractivity contribution in [1.29, 1.82) is 0 Å². The number of hydrogen-bond donors (Lipinski definition) is 4. The highest BCUT2D eigenvalue weighted by molar-refractivity contribution is 8.00. The topological polar surface area (TPSA) is 130 Å². The number of aryl methyl sites for hydroxylation is 1. The van der Waals surface area contributed by atoms with E-state index in [0.29, 0.717) is 25.4 Å². The predicted molar refractivity (Wildman–Crippen MR) is 138 cm³/mol. The van der Waals surface area contributed by atoms with E-state index in [1.165, 1.54) is 11.8 Å². The Balaban J connectivity index is 1.43. The number of hydrazine groups is 1. The average Bonchev–Trinajstić information content (AvgIpc) is 3.15. The smallest absolute Gasteiger partial charge is 0.233 e. The Hall–Kier alpha value is -2.63. The summed E-state index contributed by atoms with van der Waals surface area (Å²) >= 11 is 1.47. The maximum absolute atomic E-state index is 12.9. The van der Waals surface area contributed by atoms with Crippen molar-refractivity contribution < 1.29 is 9.53 Å². The van der Waals surface area contributed by atoms with Gasteiger partial charge in [-0.2, -0.15) is 4.98 Å². The number of carbonyl (C=O) groups is 1. The van der Waals surface area contributed by atoms with Crippen LogP contribution >= 0.6 is 11.8 Å². The number of anilines is 2. The molecule has 11 heteroatoms. The molecule has 2 aliphatic rings. The third-order valence-corrected chi connectivity index (χ3v) is 7.49. The van der Waals surface area contributed by atoms with Crippen LogP contribution in [-0.2, 0) is 11.3 Å². The van der Waals surface area contributed by atoms with Gasteiger partial charge in [-0.05, 0) is 45.7 Å². The van der Waals surface area contributed by atoms with Gasteiger partial charge in [0.25, 0.3) is 0 Å². The molecule has 4 rings (SSSR count). The molecule has 2 aromatic heterocycles. The minimum atomic E-state index is -0.245. The Kier molecular flexibility index (Phi) is 7.98. The minimum absolute atomic E-state index is 0.0317. The first-order valence-electron chi connectivity index (χ1n) is 12.1. The van der Waals surface area contributed by atoms with Crippen molar-refractivity contribution in [3.05, 3.63) is 28.6 Å². The average molecular weight is 501 g/mol. The number of ether oxygens (including phenoxy) is 1. The summed E-state index contributed by atoms with van der Waals surface area (Å²) in [7, 11) is 1.67. The normalized spacial score (nSPS) is 18.6. The van der Waals surface area contributed by atoms with E-state index in [9.17, 15) is 4.79 Å². The molecule has 0 aliphatic carbocycles. The summed E-state index contributed by atoms with van der Waals surface area (Å²) in [4.78, 5) is 26.6. The van der Waals surface area contributed by atoms with Gasteiger partial charge in [-0.15, -0.1) is 0 Å². The molecule has 2 aromatic rings. The van der Waals surface area contributed by atoms with Gasteiger partial charge in [-0.25, -0.2) is 10.4 Å². The quantitative estimate of drug-likeness (QED) is 0.285. The molecule has 0 saturated heterocycles. The van der Waals surface area contributed by atoms with Gasteiger partial charge in [-0.3, -0.25) is 14.8 Å². The molecule has 0 saturated carbocycles. The van der Waals surface area contributed by atoms with Crippen LogP contribution in [0, 0.1) is 19.8 Å². The molecular weight excluding hydrogens is 464 g/mol. The molecule has 1 amide bonds. The zero-order chi connectivity index (χ0) is 25.1. The number of nitrogen functional groups attached to an aromatic ring is 1. The Morgan fingerprint density at radius 2 is 2.14 bits per heavy atom. The highest BCUT2D eigenvalue weighted by Crippen LogP contribution is 2.47. The highest BCUT2D eigenvalue weighted by atomic mass is 32.2. The molecule has 0 fully saturated rings. The summed E-state index contributed by atoms with van der Waals surface area (Å²) in [5, 5.41) is 8.97. The zero-order valence-electron chi connectivity index (χ0n) is 21.1. The van der Waals surface area contributed by atoms with E-state index < -0.39 is 0 Å². The van der Waals surface area contributed by atoms with Gasteiger partial charge in [0.05, 0.1) is 30.6 Å². The van der Waals surface area contributed by atoms with E-state index in [2.05, 4.69) is 44.9 Å². The molecule has 0 bridgehead atoms. The van der Waals surface area contributed by atoms with E-state index >= 15 is 0 Å². The molecule has 2 unspecified atom stereocenters. The predicted octanol–water partition coefficient (Wildman–Crippen LogP) is 2.26. The molecule has 5 N–H and O–H groups in total. The maximum Gasteiger partial charge on any atom is 0.233 e.